The summed E-state index contributed by atoms with van der Waals surface area (Å²) in [5.74, 6) is -0.859. The Balaban J connectivity index is 0.00000147. The van der Waals surface area contributed by atoms with Crippen molar-refractivity contribution in [1.82, 2.24) is 4.90 Å². The van der Waals surface area contributed by atoms with Gasteiger partial charge in [-0.2, -0.15) is 0 Å². The zero-order valence-electron chi connectivity index (χ0n) is 11.3. The zero-order chi connectivity index (χ0) is 13.2. The number of nitrogens with zero attached hydrogens (tertiary/aromatic N) is 1. The molecule has 0 aromatic heterocycles. The molecule has 2 heterocycles. The van der Waals surface area contributed by atoms with Gasteiger partial charge < -0.3 is 9.84 Å². The van der Waals surface area contributed by atoms with Gasteiger partial charge in [0.05, 0.1) is 19.1 Å². The number of hydrogen-bond acceptors (Lipinski definition) is 3. The van der Waals surface area contributed by atoms with Crippen LogP contribution < -0.4 is 0 Å². The smallest absolute Gasteiger partial charge is 0.306 e. The first-order chi connectivity index (χ1) is 9.24. The van der Waals surface area contributed by atoms with E-state index >= 15 is 0 Å². The lowest BCUT2D eigenvalue weighted by atomic mass is 9.85. The summed E-state index contributed by atoms with van der Waals surface area (Å²) >= 11 is 0. The molecule has 2 aliphatic heterocycles. The molecule has 2 unspecified atom stereocenters. The van der Waals surface area contributed by atoms with Crippen molar-refractivity contribution in [3.8, 4) is 0 Å². The third-order valence-electron chi connectivity index (χ3n) is 4.23. The van der Waals surface area contributed by atoms with Gasteiger partial charge in [0, 0.05) is 18.6 Å². The van der Waals surface area contributed by atoms with E-state index in [2.05, 4.69) is 17.0 Å². The highest BCUT2D eigenvalue weighted by atomic mass is 35.5. The highest BCUT2D eigenvalue weighted by Gasteiger charge is 2.41. The van der Waals surface area contributed by atoms with Gasteiger partial charge in [0.1, 0.15) is 0 Å². The van der Waals surface area contributed by atoms with E-state index in [4.69, 9.17) is 4.74 Å². The molecule has 0 spiro atoms. The summed E-state index contributed by atoms with van der Waals surface area (Å²) in [6.07, 6.45) is 1.41. The number of piperidine rings is 1. The number of morpholine rings is 1. The lowest BCUT2D eigenvalue weighted by Crippen LogP contribution is -2.57. The topological polar surface area (TPSA) is 49.8 Å². The molecule has 1 N–H and O–H groups in total. The first-order valence-corrected chi connectivity index (χ1v) is 6.84. The van der Waals surface area contributed by atoms with Crippen LogP contribution in [0.4, 0.5) is 0 Å². The minimum absolute atomic E-state index is 0. The maximum atomic E-state index is 11.2. The molecular weight excluding hydrogens is 278 g/mol. The molecule has 2 saturated heterocycles. The fraction of sp³-hybridized carbons (Fsp3) is 0.533. The van der Waals surface area contributed by atoms with Crippen LogP contribution in [-0.2, 0) is 16.1 Å². The van der Waals surface area contributed by atoms with E-state index in [-0.39, 0.29) is 30.4 Å². The molecule has 5 heteroatoms. The number of carboxylic acids is 1. The minimum atomic E-state index is -0.656. The van der Waals surface area contributed by atoms with Gasteiger partial charge in [-0.15, -0.1) is 12.4 Å². The molecule has 0 radical (unpaired) electrons. The highest BCUT2D eigenvalue weighted by molar-refractivity contribution is 5.85. The van der Waals surface area contributed by atoms with Crippen LogP contribution in [0.3, 0.4) is 0 Å². The zero-order valence-corrected chi connectivity index (χ0v) is 12.1. The molecule has 3 rings (SSSR count). The van der Waals surface area contributed by atoms with E-state index in [0.717, 1.165) is 6.54 Å². The van der Waals surface area contributed by atoms with E-state index in [1.54, 1.807) is 0 Å². The molecule has 4 nitrogen and oxygen atoms in total. The molecule has 2 atom stereocenters. The van der Waals surface area contributed by atoms with E-state index in [1.165, 1.54) is 5.56 Å². The molecule has 1 aromatic rings. The lowest BCUT2D eigenvalue weighted by molar-refractivity contribution is -0.151. The summed E-state index contributed by atoms with van der Waals surface area (Å²) in [6, 6.07) is 10.9. The van der Waals surface area contributed by atoms with Crippen molar-refractivity contribution in [2.24, 2.45) is 5.92 Å². The largest absolute Gasteiger partial charge is 0.481 e. The van der Waals surface area contributed by atoms with E-state index in [1.807, 2.05) is 18.2 Å². The molecular formula is C15H20ClNO3. The second-order valence-corrected chi connectivity index (χ2v) is 5.51. The monoisotopic (exact) mass is 297 g/mol. The standard InChI is InChI=1S/C15H19NO3.ClH/c17-15(18)12-6-13-9-19-10-14(7-12)16(13)8-11-4-2-1-3-5-11;/h1-5,12-14H,6-10H2,(H,17,18);1H. The quantitative estimate of drug-likeness (QED) is 0.929. The normalized spacial score (nSPS) is 29.5. The second-order valence-electron chi connectivity index (χ2n) is 5.51. The van der Waals surface area contributed by atoms with Gasteiger partial charge in [0.15, 0.2) is 0 Å². The van der Waals surface area contributed by atoms with Gasteiger partial charge in [-0.1, -0.05) is 30.3 Å². The second kappa shape index (κ2) is 6.57. The Bertz CT molecular complexity index is 440. The SMILES string of the molecule is Cl.O=C(O)C1CC2COCC(C1)N2Cc1ccccc1. The number of benzene rings is 1. The summed E-state index contributed by atoms with van der Waals surface area (Å²) < 4.78 is 5.60. The molecule has 20 heavy (non-hydrogen) atoms. The van der Waals surface area contributed by atoms with Crippen LogP contribution in [0.2, 0.25) is 0 Å². The molecule has 0 saturated carbocycles. The number of halogens is 1. The predicted octanol–water partition coefficient (Wildman–Crippen LogP) is 2.17. The van der Waals surface area contributed by atoms with Crippen LogP contribution in [0.5, 0.6) is 0 Å². The van der Waals surface area contributed by atoms with E-state index in [0.29, 0.717) is 26.1 Å². The highest BCUT2D eigenvalue weighted by Crippen LogP contribution is 2.32. The summed E-state index contributed by atoms with van der Waals surface area (Å²) in [4.78, 5) is 13.6. The predicted molar refractivity (Wildman–Crippen MR) is 78.0 cm³/mol. The Kier molecular flexibility index (Phi) is 5.02. The molecule has 2 fully saturated rings. The Morgan fingerprint density at radius 1 is 1.20 bits per heavy atom. The van der Waals surface area contributed by atoms with Gasteiger partial charge in [-0.3, -0.25) is 9.69 Å². The van der Waals surface area contributed by atoms with E-state index < -0.39 is 5.97 Å². The van der Waals surface area contributed by atoms with Gasteiger partial charge in [0.25, 0.3) is 0 Å². The van der Waals surface area contributed by atoms with Gasteiger partial charge in [-0.05, 0) is 18.4 Å². The van der Waals surface area contributed by atoms with Crippen LogP contribution in [0.1, 0.15) is 18.4 Å². The molecule has 110 valence electrons. The fourth-order valence-electron chi connectivity index (χ4n) is 3.24. The Morgan fingerprint density at radius 3 is 2.35 bits per heavy atom. The summed E-state index contributed by atoms with van der Waals surface area (Å²) in [5, 5.41) is 9.21. The van der Waals surface area contributed by atoms with Gasteiger partial charge in [0.2, 0.25) is 0 Å². The maximum Gasteiger partial charge on any atom is 0.306 e. The summed E-state index contributed by atoms with van der Waals surface area (Å²) in [6.45, 7) is 2.21. The number of rotatable bonds is 3. The third-order valence-corrected chi connectivity index (χ3v) is 4.23. The average molecular weight is 298 g/mol. The van der Waals surface area contributed by atoms with Crippen LogP contribution in [0.15, 0.2) is 30.3 Å². The maximum absolute atomic E-state index is 11.2. The van der Waals surface area contributed by atoms with Crippen molar-refractivity contribution in [3.05, 3.63) is 35.9 Å². The van der Waals surface area contributed by atoms with Crippen molar-refractivity contribution in [2.75, 3.05) is 13.2 Å². The Hall–Kier alpha value is -1.10. The average Bonchev–Trinajstić information content (AvgIpc) is 2.39. The van der Waals surface area contributed by atoms with Gasteiger partial charge in [-0.25, -0.2) is 0 Å². The molecule has 0 aliphatic carbocycles. The van der Waals surface area contributed by atoms with Crippen molar-refractivity contribution in [1.29, 1.82) is 0 Å². The Labute approximate surface area is 125 Å². The van der Waals surface area contributed by atoms with Crippen molar-refractivity contribution in [2.45, 2.75) is 31.5 Å². The van der Waals surface area contributed by atoms with Crippen LogP contribution in [0, 0.1) is 5.92 Å². The number of fused-ring (bicyclic) bond motifs is 2. The number of ether oxygens (including phenoxy) is 1. The van der Waals surface area contributed by atoms with Crippen LogP contribution in [0.25, 0.3) is 0 Å². The summed E-state index contributed by atoms with van der Waals surface area (Å²) in [7, 11) is 0. The third kappa shape index (κ3) is 3.14. The van der Waals surface area contributed by atoms with Crippen molar-refractivity contribution in [3.63, 3.8) is 0 Å². The number of carboxylic acid groups (broad SMARTS) is 1. The number of aliphatic carboxylic acids is 1. The van der Waals surface area contributed by atoms with Crippen LogP contribution >= 0.6 is 12.4 Å². The van der Waals surface area contributed by atoms with Crippen molar-refractivity contribution >= 4 is 18.4 Å². The van der Waals surface area contributed by atoms with Crippen molar-refractivity contribution < 1.29 is 14.6 Å². The van der Waals surface area contributed by atoms with Gasteiger partial charge >= 0.3 is 5.97 Å². The molecule has 2 aliphatic rings. The first kappa shape index (κ1) is 15.3. The first-order valence-electron chi connectivity index (χ1n) is 6.84. The molecule has 1 aromatic carbocycles. The van der Waals surface area contributed by atoms with E-state index in [9.17, 15) is 9.90 Å². The number of carbonyl (C=O) groups is 1. The van der Waals surface area contributed by atoms with Crippen LogP contribution in [-0.4, -0.2) is 41.3 Å². The lowest BCUT2D eigenvalue weighted by Gasteiger charge is -2.47. The minimum Gasteiger partial charge on any atom is -0.481 e. The number of hydrogen-bond donors (Lipinski definition) is 1. The summed E-state index contributed by atoms with van der Waals surface area (Å²) in [5.41, 5.74) is 1.29. The fourth-order valence-corrected chi connectivity index (χ4v) is 3.24. The Morgan fingerprint density at radius 2 is 1.80 bits per heavy atom. The molecule has 2 bridgehead atoms. The molecule has 0 amide bonds.